The number of aryl methyl sites for hydroxylation is 1. The van der Waals surface area contributed by atoms with Crippen molar-refractivity contribution in [1.29, 1.82) is 5.26 Å². The van der Waals surface area contributed by atoms with Crippen LogP contribution in [0.5, 0.6) is 5.75 Å². The maximum atomic E-state index is 12.9. The summed E-state index contributed by atoms with van der Waals surface area (Å²) in [7, 11) is 0. The van der Waals surface area contributed by atoms with Crippen molar-refractivity contribution in [2.24, 2.45) is 0 Å². The quantitative estimate of drug-likeness (QED) is 0.389. The summed E-state index contributed by atoms with van der Waals surface area (Å²) in [5, 5.41) is 14.0. The smallest absolute Gasteiger partial charge is 0.292 e. The predicted molar refractivity (Wildman–Crippen MR) is 136 cm³/mol. The molecule has 1 N–H and O–H groups in total. The van der Waals surface area contributed by atoms with Crippen LogP contribution in [0.4, 0.5) is 5.00 Å². The highest BCUT2D eigenvalue weighted by molar-refractivity contribution is 7.16. The van der Waals surface area contributed by atoms with Crippen molar-refractivity contribution in [2.45, 2.75) is 70.8 Å². The molecular formula is C27H29ClN2O3S. The molecule has 1 aliphatic carbocycles. The van der Waals surface area contributed by atoms with E-state index in [1.165, 1.54) is 43.4 Å². The molecule has 0 radical (unpaired) electrons. The Morgan fingerprint density at radius 2 is 1.74 bits per heavy atom. The van der Waals surface area contributed by atoms with Crippen molar-refractivity contribution in [1.82, 2.24) is 0 Å². The SMILES string of the molecule is N#Cc1c(NC(=O)c2ccc(COc3ccccc3Cl)o2)sc2c1CCCCCCCCCC2. The zero-order chi connectivity index (χ0) is 23.8. The number of rotatable bonds is 5. The summed E-state index contributed by atoms with van der Waals surface area (Å²) < 4.78 is 11.4. The number of nitrogens with one attached hydrogen (secondary N) is 1. The standard InChI is InChI=1S/C27H29ClN2O3S/c28-22-12-9-10-13-23(22)32-18-19-15-16-24(33-19)26(31)30-27-21(17-29)20-11-7-5-3-1-2-4-6-8-14-25(20)34-27/h9-10,12-13,15-16H,1-8,11,14,18H2,(H,30,31). The first-order chi connectivity index (χ1) is 16.7. The molecule has 1 aliphatic rings. The van der Waals surface area contributed by atoms with Gasteiger partial charge in [0, 0.05) is 4.88 Å². The van der Waals surface area contributed by atoms with Crippen LogP contribution in [-0.2, 0) is 19.4 Å². The summed E-state index contributed by atoms with van der Waals surface area (Å²) in [6.45, 7) is 0.160. The minimum atomic E-state index is -0.363. The number of carbonyl (C=O) groups is 1. The van der Waals surface area contributed by atoms with Crippen molar-refractivity contribution in [3.63, 3.8) is 0 Å². The van der Waals surface area contributed by atoms with Crippen LogP contribution in [-0.4, -0.2) is 5.91 Å². The van der Waals surface area contributed by atoms with Gasteiger partial charge in [0.15, 0.2) is 5.76 Å². The fraction of sp³-hybridized carbons (Fsp3) is 0.407. The third-order valence-electron chi connectivity index (χ3n) is 6.10. The molecule has 5 nitrogen and oxygen atoms in total. The fourth-order valence-corrected chi connectivity index (χ4v) is 5.71. The average molecular weight is 497 g/mol. The number of nitriles is 1. The molecule has 0 spiro atoms. The molecule has 0 unspecified atom stereocenters. The van der Waals surface area contributed by atoms with E-state index in [2.05, 4.69) is 11.4 Å². The number of benzene rings is 1. The number of fused-ring (bicyclic) bond motifs is 1. The minimum Gasteiger partial charge on any atom is -0.484 e. The van der Waals surface area contributed by atoms with E-state index in [0.29, 0.717) is 27.1 Å². The molecule has 0 bridgehead atoms. The Morgan fingerprint density at radius 3 is 2.47 bits per heavy atom. The summed E-state index contributed by atoms with van der Waals surface area (Å²) in [4.78, 5) is 14.1. The number of hydrogen-bond acceptors (Lipinski definition) is 5. The first-order valence-electron chi connectivity index (χ1n) is 12.0. The van der Waals surface area contributed by atoms with Gasteiger partial charge in [-0.05, 0) is 55.5 Å². The summed E-state index contributed by atoms with van der Waals surface area (Å²) in [5.74, 6) is 0.893. The molecule has 7 heteroatoms. The minimum absolute atomic E-state index is 0.160. The number of thiophene rings is 1. The highest BCUT2D eigenvalue weighted by Crippen LogP contribution is 2.36. The molecule has 4 rings (SSSR count). The number of halogens is 1. The third-order valence-corrected chi connectivity index (χ3v) is 7.62. The van der Waals surface area contributed by atoms with E-state index < -0.39 is 0 Å². The Balaban J connectivity index is 1.45. The van der Waals surface area contributed by atoms with Gasteiger partial charge >= 0.3 is 0 Å². The van der Waals surface area contributed by atoms with E-state index in [0.717, 1.165) is 31.2 Å². The van der Waals surface area contributed by atoms with E-state index in [1.54, 1.807) is 35.6 Å². The van der Waals surface area contributed by atoms with E-state index in [9.17, 15) is 10.1 Å². The zero-order valence-corrected chi connectivity index (χ0v) is 20.8. The molecule has 1 aromatic carbocycles. The van der Waals surface area contributed by atoms with Gasteiger partial charge in [0.05, 0.1) is 10.6 Å². The van der Waals surface area contributed by atoms with Crippen LogP contribution in [0.15, 0.2) is 40.8 Å². The number of para-hydroxylation sites is 1. The average Bonchev–Trinajstić information content (AvgIpc) is 3.43. The summed E-state index contributed by atoms with van der Waals surface area (Å²) in [6, 6.07) is 12.9. The summed E-state index contributed by atoms with van der Waals surface area (Å²) in [6.07, 6.45) is 11.6. The first-order valence-corrected chi connectivity index (χ1v) is 13.2. The molecule has 0 aliphatic heterocycles. The number of nitrogens with zero attached hydrogens (tertiary/aromatic N) is 1. The lowest BCUT2D eigenvalue weighted by atomic mass is 9.98. The number of hydrogen-bond donors (Lipinski definition) is 1. The van der Waals surface area contributed by atoms with Gasteiger partial charge in [-0.1, -0.05) is 62.3 Å². The first kappa shape index (κ1) is 24.4. The van der Waals surface area contributed by atoms with Crippen LogP contribution >= 0.6 is 22.9 Å². The number of amides is 1. The summed E-state index contributed by atoms with van der Waals surface area (Å²) in [5.41, 5.74) is 1.73. The van der Waals surface area contributed by atoms with Crippen molar-refractivity contribution < 1.29 is 13.9 Å². The van der Waals surface area contributed by atoms with Crippen LogP contribution in [0, 0.1) is 11.3 Å². The lowest BCUT2D eigenvalue weighted by molar-refractivity contribution is 0.0993. The maximum Gasteiger partial charge on any atom is 0.292 e. The fourth-order valence-electron chi connectivity index (χ4n) is 4.29. The molecule has 0 fully saturated rings. The molecule has 1 amide bonds. The number of carbonyl (C=O) groups excluding carboxylic acids is 1. The Kier molecular flexibility index (Phi) is 8.67. The van der Waals surface area contributed by atoms with Crippen LogP contribution in [0.3, 0.4) is 0 Å². The van der Waals surface area contributed by atoms with Crippen molar-refractivity contribution >= 4 is 33.8 Å². The van der Waals surface area contributed by atoms with Gasteiger partial charge in [0.25, 0.3) is 5.91 Å². The van der Waals surface area contributed by atoms with Crippen molar-refractivity contribution in [3.8, 4) is 11.8 Å². The molecule has 0 saturated carbocycles. The van der Waals surface area contributed by atoms with Crippen LogP contribution in [0.2, 0.25) is 5.02 Å². The summed E-state index contributed by atoms with van der Waals surface area (Å²) >= 11 is 7.66. The Bertz CT molecular complexity index is 1160. The number of ether oxygens (including phenoxy) is 1. The highest BCUT2D eigenvalue weighted by Gasteiger charge is 2.21. The van der Waals surface area contributed by atoms with Crippen molar-refractivity contribution in [3.05, 3.63) is 68.9 Å². The molecule has 0 saturated heterocycles. The predicted octanol–water partition coefficient (Wildman–Crippen LogP) is 7.92. The molecule has 178 valence electrons. The van der Waals surface area contributed by atoms with Gasteiger partial charge < -0.3 is 14.5 Å². The molecule has 2 heterocycles. The molecule has 2 aromatic heterocycles. The van der Waals surface area contributed by atoms with E-state index in [-0.39, 0.29) is 18.3 Å². The molecule has 34 heavy (non-hydrogen) atoms. The van der Waals surface area contributed by atoms with Gasteiger partial charge in [-0.25, -0.2) is 0 Å². The molecule has 3 aromatic rings. The second kappa shape index (κ2) is 12.1. The monoisotopic (exact) mass is 496 g/mol. The highest BCUT2D eigenvalue weighted by atomic mass is 35.5. The Labute approximate surface area is 209 Å². The van der Waals surface area contributed by atoms with Gasteiger partial charge in [0.2, 0.25) is 0 Å². The lowest BCUT2D eigenvalue weighted by Gasteiger charge is -2.08. The number of anilines is 1. The topological polar surface area (TPSA) is 75.3 Å². The van der Waals surface area contributed by atoms with Crippen molar-refractivity contribution in [2.75, 3.05) is 5.32 Å². The van der Waals surface area contributed by atoms with E-state index in [4.69, 9.17) is 20.8 Å². The maximum absolute atomic E-state index is 12.9. The Hall–Kier alpha value is -2.75. The normalized spacial score (nSPS) is 14.8. The molecular weight excluding hydrogens is 468 g/mol. The van der Waals surface area contributed by atoms with Gasteiger partial charge in [-0.15, -0.1) is 11.3 Å². The Morgan fingerprint density at radius 1 is 1.03 bits per heavy atom. The number of furan rings is 1. The largest absolute Gasteiger partial charge is 0.484 e. The van der Waals surface area contributed by atoms with Gasteiger partial charge in [-0.2, -0.15) is 5.26 Å². The van der Waals surface area contributed by atoms with Gasteiger partial charge in [-0.3, -0.25) is 4.79 Å². The zero-order valence-electron chi connectivity index (χ0n) is 19.2. The van der Waals surface area contributed by atoms with Crippen LogP contribution in [0.25, 0.3) is 0 Å². The second-order valence-corrected chi connectivity index (χ2v) is 10.1. The second-order valence-electron chi connectivity index (χ2n) is 8.59. The van der Waals surface area contributed by atoms with Crippen LogP contribution < -0.4 is 10.1 Å². The third kappa shape index (κ3) is 6.22. The van der Waals surface area contributed by atoms with Crippen LogP contribution in [0.1, 0.15) is 83.7 Å². The van der Waals surface area contributed by atoms with E-state index in [1.807, 2.05) is 12.1 Å². The molecule has 0 atom stereocenters. The lowest BCUT2D eigenvalue weighted by Crippen LogP contribution is -2.11. The van der Waals surface area contributed by atoms with Gasteiger partial charge in [0.1, 0.15) is 29.2 Å². The van der Waals surface area contributed by atoms with E-state index >= 15 is 0 Å².